The Bertz CT molecular complexity index is 505. The molecule has 0 fully saturated rings. The maximum Gasteiger partial charge on any atom is 0.307 e. The Hall–Kier alpha value is -1.68. The van der Waals surface area contributed by atoms with Crippen molar-refractivity contribution in [1.29, 1.82) is 0 Å². The molecule has 2 nitrogen and oxygen atoms in total. The van der Waals surface area contributed by atoms with Crippen LogP contribution in [-0.2, 0) is 17.6 Å². The Morgan fingerprint density at radius 2 is 1.94 bits per heavy atom. The van der Waals surface area contributed by atoms with Crippen LogP contribution < -0.4 is 0 Å². The molecule has 0 radical (unpaired) electrons. The van der Waals surface area contributed by atoms with E-state index in [-0.39, 0.29) is 5.82 Å². The molecule has 1 aromatic heterocycles. The smallest absolute Gasteiger partial charge is 0.307 e. The molecule has 94 valence electrons. The molecule has 1 unspecified atom stereocenters. The average Bonchev–Trinajstić information content (AvgIpc) is 2.84. The molecule has 0 aliphatic rings. The Labute approximate surface area is 109 Å². The van der Waals surface area contributed by atoms with Crippen molar-refractivity contribution in [2.24, 2.45) is 5.92 Å². The van der Waals surface area contributed by atoms with E-state index in [1.54, 1.807) is 23.5 Å². The predicted octanol–water partition coefficient (Wildman–Crippen LogP) is 3.37. The van der Waals surface area contributed by atoms with Gasteiger partial charge in [0.25, 0.3) is 0 Å². The fourth-order valence-corrected chi connectivity index (χ4v) is 2.61. The second-order valence-electron chi connectivity index (χ2n) is 4.15. The minimum absolute atomic E-state index is 0.302. The number of hydrogen-bond acceptors (Lipinski definition) is 2. The summed E-state index contributed by atoms with van der Waals surface area (Å²) in [7, 11) is 0. The maximum absolute atomic E-state index is 12.8. The SMILES string of the molecule is O=C(O)C(Cc1ccc(F)cc1)Cc1cccs1. The van der Waals surface area contributed by atoms with Crippen LogP contribution in [0.15, 0.2) is 41.8 Å². The minimum atomic E-state index is -0.812. The van der Waals surface area contributed by atoms with Gasteiger partial charge in [-0.05, 0) is 42.0 Å². The molecular weight excluding hydrogens is 251 g/mol. The molecule has 1 N–H and O–H groups in total. The van der Waals surface area contributed by atoms with E-state index in [4.69, 9.17) is 0 Å². The summed E-state index contributed by atoms with van der Waals surface area (Å²) in [5.41, 5.74) is 0.848. The maximum atomic E-state index is 12.8. The van der Waals surface area contributed by atoms with Crippen LogP contribution in [0.4, 0.5) is 4.39 Å². The molecule has 0 bridgehead atoms. The Kier molecular flexibility index (Phi) is 4.10. The van der Waals surface area contributed by atoms with Gasteiger partial charge >= 0.3 is 5.97 Å². The summed E-state index contributed by atoms with van der Waals surface area (Å²) in [5, 5.41) is 11.2. The van der Waals surface area contributed by atoms with Crippen LogP contribution in [0, 0.1) is 11.7 Å². The number of carboxylic acids is 1. The Morgan fingerprint density at radius 1 is 1.22 bits per heavy atom. The first-order chi connectivity index (χ1) is 8.65. The molecule has 0 saturated carbocycles. The fraction of sp³-hybridized carbons (Fsp3) is 0.214. The monoisotopic (exact) mass is 264 g/mol. The van der Waals surface area contributed by atoms with Gasteiger partial charge in [-0.3, -0.25) is 4.79 Å². The number of hydrogen-bond donors (Lipinski definition) is 1. The topological polar surface area (TPSA) is 37.3 Å². The second kappa shape index (κ2) is 5.78. The lowest BCUT2D eigenvalue weighted by molar-refractivity contribution is -0.141. The standard InChI is InChI=1S/C14H13FO2S/c15-12-5-3-10(4-6-12)8-11(14(16)17)9-13-2-1-7-18-13/h1-7,11H,8-9H2,(H,16,17). The van der Waals surface area contributed by atoms with E-state index < -0.39 is 11.9 Å². The molecule has 1 aromatic carbocycles. The summed E-state index contributed by atoms with van der Waals surface area (Å²) < 4.78 is 12.8. The molecule has 0 aliphatic carbocycles. The van der Waals surface area contributed by atoms with Gasteiger partial charge in [0, 0.05) is 4.88 Å². The van der Waals surface area contributed by atoms with Gasteiger partial charge in [-0.1, -0.05) is 18.2 Å². The van der Waals surface area contributed by atoms with Crippen LogP contribution in [0.3, 0.4) is 0 Å². The number of carboxylic acid groups (broad SMARTS) is 1. The number of aliphatic carboxylic acids is 1. The number of benzene rings is 1. The first-order valence-electron chi connectivity index (χ1n) is 5.65. The van der Waals surface area contributed by atoms with E-state index in [1.807, 2.05) is 17.5 Å². The third-order valence-electron chi connectivity index (χ3n) is 2.77. The van der Waals surface area contributed by atoms with E-state index in [9.17, 15) is 14.3 Å². The van der Waals surface area contributed by atoms with Gasteiger partial charge in [-0.2, -0.15) is 0 Å². The van der Waals surface area contributed by atoms with Crippen molar-refractivity contribution in [2.75, 3.05) is 0 Å². The lowest BCUT2D eigenvalue weighted by Gasteiger charge is -2.11. The second-order valence-corrected chi connectivity index (χ2v) is 5.18. The van der Waals surface area contributed by atoms with Crippen molar-refractivity contribution in [3.8, 4) is 0 Å². The molecule has 2 aromatic rings. The van der Waals surface area contributed by atoms with Gasteiger partial charge in [0.1, 0.15) is 5.82 Å². The van der Waals surface area contributed by atoms with Gasteiger partial charge < -0.3 is 5.11 Å². The van der Waals surface area contributed by atoms with Crippen molar-refractivity contribution < 1.29 is 14.3 Å². The number of thiophene rings is 1. The van der Waals surface area contributed by atoms with Crippen LogP contribution >= 0.6 is 11.3 Å². The molecule has 0 amide bonds. The summed E-state index contributed by atoms with van der Waals surface area (Å²) in [6.45, 7) is 0. The summed E-state index contributed by atoms with van der Waals surface area (Å²) in [6, 6.07) is 9.85. The molecule has 0 spiro atoms. The number of halogens is 1. The van der Waals surface area contributed by atoms with E-state index in [2.05, 4.69) is 0 Å². The summed E-state index contributed by atoms with van der Waals surface area (Å²) in [5.74, 6) is -1.58. The van der Waals surface area contributed by atoms with Crippen LogP contribution in [0.5, 0.6) is 0 Å². The average molecular weight is 264 g/mol. The lowest BCUT2D eigenvalue weighted by Crippen LogP contribution is -2.18. The Morgan fingerprint density at radius 3 is 2.50 bits per heavy atom. The quantitative estimate of drug-likeness (QED) is 0.899. The molecule has 2 rings (SSSR count). The molecule has 18 heavy (non-hydrogen) atoms. The molecule has 4 heteroatoms. The Balaban J connectivity index is 2.06. The molecular formula is C14H13FO2S. The van der Waals surface area contributed by atoms with E-state index >= 15 is 0 Å². The van der Waals surface area contributed by atoms with E-state index in [0.29, 0.717) is 12.8 Å². The minimum Gasteiger partial charge on any atom is -0.481 e. The van der Waals surface area contributed by atoms with Crippen LogP contribution in [0.1, 0.15) is 10.4 Å². The van der Waals surface area contributed by atoms with Crippen molar-refractivity contribution in [1.82, 2.24) is 0 Å². The van der Waals surface area contributed by atoms with Crippen LogP contribution in [0.25, 0.3) is 0 Å². The van der Waals surface area contributed by atoms with Gasteiger partial charge in [0.15, 0.2) is 0 Å². The molecule has 0 aliphatic heterocycles. The van der Waals surface area contributed by atoms with E-state index in [1.165, 1.54) is 12.1 Å². The largest absolute Gasteiger partial charge is 0.481 e. The molecule has 1 heterocycles. The van der Waals surface area contributed by atoms with Gasteiger partial charge in [0.2, 0.25) is 0 Å². The molecule has 1 atom stereocenters. The molecule has 0 saturated heterocycles. The third kappa shape index (κ3) is 3.40. The highest BCUT2D eigenvalue weighted by Gasteiger charge is 2.19. The zero-order valence-corrected chi connectivity index (χ0v) is 10.5. The normalized spacial score (nSPS) is 12.3. The van der Waals surface area contributed by atoms with Gasteiger partial charge in [0.05, 0.1) is 5.92 Å². The predicted molar refractivity (Wildman–Crippen MR) is 69.3 cm³/mol. The number of rotatable bonds is 5. The van der Waals surface area contributed by atoms with E-state index in [0.717, 1.165) is 10.4 Å². The zero-order chi connectivity index (χ0) is 13.0. The highest BCUT2D eigenvalue weighted by molar-refractivity contribution is 7.09. The summed E-state index contributed by atoms with van der Waals surface area (Å²) in [4.78, 5) is 12.3. The highest BCUT2D eigenvalue weighted by atomic mass is 32.1. The zero-order valence-electron chi connectivity index (χ0n) is 9.67. The van der Waals surface area contributed by atoms with Crippen molar-refractivity contribution in [2.45, 2.75) is 12.8 Å². The van der Waals surface area contributed by atoms with Crippen LogP contribution in [-0.4, -0.2) is 11.1 Å². The first kappa shape index (κ1) is 12.8. The van der Waals surface area contributed by atoms with Crippen molar-refractivity contribution >= 4 is 17.3 Å². The van der Waals surface area contributed by atoms with Crippen LogP contribution in [0.2, 0.25) is 0 Å². The van der Waals surface area contributed by atoms with Gasteiger partial charge in [-0.15, -0.1) is 11.3 Å². The van der Waals surface area contributed by atoms with Crippen molar-refractivity contribution in [3.05, 3.63) is 58.0 Å². The third-order valence-corrected chi connectivity index (χ3v) is 3.67. The summed E-state index contributed by atoms with van der Waals surface area (Å²) >= 11 is 1.56. The number of carbonyl (C=O) groups is 1. The summed E-state index contributed by atoms with van der Waals surface area (Å²) in [6.07, 6.45) is 0.942. The van der Waals surface area contributed by atoms with Gasteiger partial charge in [-0.25, -0.2) is 4.39 Å². The first-order valence-corrected chi connectivity index (χ1v) is 6.53. The lowest BCUT2D eigenvalue weighted by atomic mass is 9.95. The van der Waals surface area contributed by atoms with Crippen molar-refractivity contribution in [3.63, 3.8) is 0 Å². The highest BCUT2D eigenvalue weighted by Crippen LogP contribution is 2.19. The fourth-order valence-electron chi connectivity index (χ4n) is 1.82.